The second kappa shape index (κ2) is 7.31. The summed E-state index contributed by atoms with van der Waals surface area (Å²) in [5.41, 5.74) is 1.91. The fraction of sp³-hybridized carbons (Fsp3) is 0.167. The van der Waals surface area contributed by atoms with E-state index in [1.165, 1.54) is 11.3 Å². The molecule has 0 spiro atoms. The Labute approximate surface area is 148 Å². The molecule has 0 aliphatic carbocycles. The number of carbonyl (C=O) groups is 2. The van der Waals surface area contributed by atoms with Gasteiger partial charge in [-0.2, -0.15) is 0 Å². The van der Waals surface area contributed by atoms with Gasteiger partial charge >= 0.3 is 0 Å². The van der Waals surface area contributed by atoms with Crippen molar-refractivity contribution < 1.29 is 14.3 Å². The number of rotatable bonds is 5. The van der Waals surface area contributed by atoms with Gasteiger partial charge < -0.3 is 15.4 Å². The zero-order valence-corrected chi connectivity index (χ0v) is 14.6. The predicted octanol–water partition coefficient (Wildman–Crippen LogP) is 3.91. The Kier molecular flexibility index (Phi) is 4.95. The van der Waals surface area contributed by atoms with Gasteiger partial charge in [-0.05, 0) is 42.5 Å². The van der Waals surface area contributed by atoms with E-state index in [1.54, 1.807) is 44.4 Å². The first-order valence-electron chi connectivity index (χ1n) is 7.75. The fourth-order valence-corrected chi connectivity index (χ4v) is 3.07. The van der Waals surface area contributed by atoms with Gasteiger partial charge in [-0.1, -0.05) is 18.3 Å². The first kappa shape index (κ1) is 16.9. The number of nitrogens with zero attached hydrogens (tertiary/aromatic N) is 1. The summed E-state index contributed by atoms with van der Waals surface area (Å²) in [4.78, 5) is 28.2. The quantitative estimate of drug-likeness (QED) is 0.727. The minimum Gasteiger partial charge on any atom is -0.497 e. The second-order valence-electron chi connectivity index (χ2n) is 5.29. The number of ether oxygens (including phenoxy) is 1. The van der Waals surface area contributed by atoms with Gasteiger partial charge in [0.1, 0.15) is 5.75 Å². The van der Waals surface area contributed by atoms with Crippen molar-refractivity contribution in [3.05, 3.63) is 48.0 Å². The van der Waals surface area contributed by atoms with Crippen LogP contribution in [0, 0.1) is 0 Å². The lowest BCUT2D eigenvalue weighted by Gasteiger charge is -2.06. The number of anilines is 2. The predicted molar refractivity (Wildman–Crippen MR) is 99.5 cm³/mol. The Morgan fingerprint density at radius 3 is 2.56 bits per heavy atom. The number of nitrogens with one attached hydrogen (secondary N) is 2. The van der Waals surface area contributed by atoms with Crippen LogP contribution in [0.4, 0.5) is 10.8 Å². The maximum atomic E-state index is 12.3. The number of methoxy groups -OCH3 is 1. The highest BCUT2D eigenvalue weighted by Crippen LogP contribution is 2.28. The minimum atomic E-state index is -0.211. The van der Waals surface area contributed by atoms with Crippen LogP contribution < -0.4 is 15.4 Å². The number of amides is 2. The molecule has 0 bridgehead atoms. The van der Waals surface area contributed by atoms with Crippen molar-refractivity contribution in [3.63, 3.8) is 0 Å². The fourth-order valence-electron chi connectivity index (χ4n) is 2.21. The molecule has 0 radical (unpaired) electrons. The number of hydrogen-bond acceptors (Lipinski definition) is 5. The van der Waals surface area contributed by atoms with E-state index in [0.29, 0.717) is 28.6 Å². The molecule has 0 atom stereocenters. The third-order valence-corrected chi connectivity index (χ3v) is 4.52. The van der Waals surface area contributed by atoms with Gasteiger partial charge in [0.15, 0.2) is 5.13 Å². The van der Waals surface area contributed by atoms with Crippen molar-refractivity contribution in [3.8, 4) is 5.75 Å². The van der Waals surface area contributed by atoms with E-state index < -0.39 is 0 Å². The number of aromatic nitrogens is 1. The molecule has 0 unspecified atom stereocenters. The van der Waals surface area contributed by atoms with Crippen LogP contribution in [0.1, 0.15) is 23.7 Å². The molecule has 0 saturated heterocycles. The SMILES string of the molecule is CCC(=O)Nc1nc2cc(NC(=O)c3ccc(OC)cc3)ccc2s1. The van der Waals surface area contributed by atoms with Crippen LogP contribution in [0.3, 0.4) is 0 Å². The second-order valence-corrected chi connectivity index (χ2v) is 6.32. The summed E-state index contributed by atoms with van der Waals surface area (Å²) in [7, 11) is 1.58. The third kappa shape index (κ3) is 3.95. The molecule has 0 aliphatic heterocycles. The van der Waals surface area contributed by atoms with Gasteiger partial charge in [0.2, 0.25) is 5.91 Å². The van der Waals surface area contributed by atoms with Crippen LogP contribution >= 0.6 is 11.3 Å². The summed E-state index contributed by atoms with van der Waals surface area (Å²) in [5, 5.41) is 6.15. The monoisotopic (exact) mass is 355 g/mol. The molecule has 25 heavy (non-hydrogen) atoms. The van der Waals surface area contributed by atoms with E-state index in [9.17, 15) is 9.59 Å². The molecule has 1 aromatic heterocycles. The molecule has 3 aromatic rings. The van der Waals surface area contributed by atoms with Crippen molar-refractivity contribution in [2.75, 3.05) is 17.7 Å². The van der Waals surface area contributed by atoms with Gasteiger partial charge in [-0.15, -0.1) is 0 Å². The zero-order valence-electron chi connectivity index (χ0n) is 13.8. The van der Waals surface area contributed by atoms with Gasteiger partial charge in [0.25, 0.3) is 5.91 Å². The van der Waals surface area contributed by atoms with Crippen molar-refractivity contribution in [1.82, 2.24) is 4.98 Å². The summed E-state index contributed by atoms with van der Waals surface area (Å²) >= 11 is 1.40. The average Bonchev–Trinajstić information content (AvgIpc) is 3.03. The maximum absolute atomic E-state index is 12.3. The van der Waals surface area contributed by atoms with Crippen LogP contribution in [-0.4, -0.2) is 23.9 Å². The summed E-state index contributed by atoms with van der Waals surface area (Å²) < 4.78 is 6.02. The highest BCUT2D eigenvalue weighted by atomic mass is 32.1. The van der Waals surface area contributed by atoms with Crippen molar-refractivity contribution in [1.29, 1.82) is 0 Å². The Morgan fingerprint density at radius 2 is 1.88 bits per heavy atom. The van der Waals surface area contributed by atoms with Gasteiger partial charge in [-0.25, -0.2) is 4.98 Å². The first-order chi connectivity index (χ1) is 12.1. The molecule has 0 fully saturated rings. The number of thiazole rings is 1. The van der Waals surface area contributed by atoms with E-state index in [2.05, 4.69) is 15.6 Å². The molecule has 2 amide bonds. The largest absolute Gasteiger partial charge is 0.497 e. The molecule has 2 aromatic carbocycles. The zero-order chi connectivity index (χ0) is 17.8. The highest BCUT2D eigenvalue weighted by Gasteiger charge is 2.10. The lowest BCUT2D eigenvalue weighted by molar-refractivity contribution is -0.115. The number of benzene rings is 2. The smallest absolute Gasteiger partial charge is 0.255 e. The van der Waals surface area contributed by atoms with E-state index >= 15 is 0 Å². The lowest BCUT2D eigenvalue weighted by Crippen LogP contribution is -2.11. The normalized spacial score (nSPS) is 10.5. The van der Waals surface area contributed by atoms with E-state index in [0.717, 1.165) is 10.2 Å². The van der Waals surface area contributed by atoms with E-state index in [1.807, 2.05) is 12.1 Å². The van der Waals surface area contributed by atoms with Crippen LogP contribution in [0.5, 0.6) is 5.75 Å². The highest BCUT2D eigenvalue weighted by molar-refractivity contribution is 7.22. The number of fused-ring (bicyclic) bond motifs is 1. The van der Waals surface area contributed by atoms with Crippen LogP contribution in [0.2, 0.25) is 0 Å². The summed E-state index contributed by atoms with van der Waals surface area (Å²) in [6.07, 6.45) is 0.402. The summed E-state index contributed by atoms with van der Waals surface area (Å²) in [6.45, 7) is 1.79. The van der Waals surface area contributed by atoms with Crippen LogP contribution in [0.25, 0.3) is 10.2 Å². The molecule has 7 heteroatoms. The van der Waals surface area contributed by atoms with E-state index in [4.69, 9.17) is 4.74 Å². The topological polar surface area (TPSA) is 80.3 Å². The first-order valence-corrected chi connectivity index (χ1v) is 8.56. The lowest BCUT2D eigenvalue weighted by atomic mass is 10.2. The number of carbonyl (C=O) groups excluding carboxylic acids is 2. The number of hydrogen-bond donors (Lipinski definition) is 2. The van der Waals surface area contributed by atoms with Crippen LogP contribution in [-0.2, 0) is 4.79 Å². The maximum Gasteiger partial charge on any atom is 0.255 e. The molecule has 128 valence electrons. The molecule has 1 heterocycles. The van der Waals surface area contributed by atoms with Crippen molar-refractivity contribution in [2.24, 2.45) is 0 Å². The van der Waals surface area contributed by atoms with Crippen molar-refractivity contribution in [2.45, 2.75) is 13.3 Å². The molecular formula is C18H17N3O3S. The summed E-state index contributed by atoms with van der Waals surface area (Å²) in [5.74, 6) is 0.408. The Hall–Kier alpha value is -2.93. The third-order valence-electron chi connectivity index (χ3n) is 3.57. The molecule has 0 aliphatic rings. The standard InChI is InChI=1S/C18H17N3O3S/c1-3-16(22)21-18-20-14-10-12(6-9-15(14)25-18)19-17(23)11-4-7-13(24-2)8-5-11/h4-10H,3H2,1-2H3,(H,19,23)(H,20,21,22). The van der Waals surface area contributed by atoms with Crippen LogP contribution in [0.15, 0.2) is 42.5 Å². The minimum absolute atomic E-state index is 0.0768. The molecule has 2 N–H and O–H groups in total. The summed E-state index contributed by atoms with van der Waals surface area (Å²) in [6, 6.07) is 12.4. The van der Waals surface area contributed by atoms with Gasteiger partial charge in [0.05, 0.1) is 17.3 Å². The Balaban J connectivity index is 1.76. The average molecular weight is 355 g/mol. The van der Waals surface area contributed by atoms with Gasteiger partial charge in [0, 0.05) is 17.7 Å². The Morgan fingerprint density at radius 1 is 1.12 bits per heavy atom. The molecular weight excluding hydrogens is 338 g/mol. The molecule has 6 nitrogen and oxygen atoms in total. The molecule has 3 rings (SSSR count). The van der Waals surface area contributed by atoms with Gasteiger partial charge in [-0.3, -0.25) is 9.59 Å². The van der Waals surface area contributed by atoms with E-state index in [-0.39, 0.29) is 11.8 Å². The Bertz CT molecular complexity index is 919. The van der Waals surface area contributed by atoms with Crippen molar-refractivity contribution >= 4 is 44.2 Å². The molecule has 0 saturated carbocycles.